The summed E-state index contributed by atoms with van der Waals surface area (Å²) in [5.41, 5.74) is 2.25. The zero-order valence-corrected chi connectivity index (χ0v) is 21.9. The maximum Gasteiger partial charge on any atom is 0.230 e. The molecule has 2 aliphatic rings. The molecule has 31 heavy (non-hydrogen) atoms. The van der Waals surface area contributed by atoms with Crippen molar-refractivity contribution in [3.05, 3.63) is 29.8 Å². The molecule has 0 radical (unpaired) electrons. The first kappa shape index (κ1) is 25.7. The van der Waals surface area contributed by atoms with Gasteiger partial charge in [0.2, 0.25) is 5.91 Å². The minimum atomic E-state index is -0.297. The Kier molecular flexibility index (Phi) is 9.90. The van der Waals surface area contributed by atoms with E-state index in [1.54, 1.807) is 11.9 Å². The van der Waals surface area contributed by atoms with E-state index in [2.05, 4.69) is 51.7 Å². The molecule has 1 amide bonds. The first-order valence-corrected chi connectivity index (χ1v) is 11.4. The summed E-state index contributed by atoms with van der Waals surface area (Å²) in [4.78, 5) is 21.3. The van der Waals surface area contributed by atoms with E-state index in [1.807, 2.05) is 14.1 Å². The molecular weight excluding hydrogens is 501 g/mol. The Morgan fingerprint density at radius 1 is 1.13 bits per heavy atom. The predicted molar refractivity (Wildman–Crippen MR) is 140 cm³/mol. The number of guanidine groups is 1. The number of nitrogens with zero attached hydrogens (tertiary/aromatic N) is 3. The lowest BCUT2D eigenvalue weighted by atomic mass is 9.84. The number of rotatable bonds is 6. The lowest BCUT2D eigenvalue weighted by molar-refractivity contribution is -0.138. The molecule has 1 aliphatic carbocycles. The van der Waals surface area contributed by atoms with Gasteiger partial charge in [-0.1, -0.05) is 31.9 Å². The van der Waals surface area contributed by atoms with E-state index in [-0.39, 0.29) is 35.3 Å². The molecule has 0 unspecified atom stereocenters. The number of aliphatic imine (C=N–C) groups is 1. The molecular formula is C24H40IN5O. The van der Waals surface area contributed by atoms with Crippen LogP contribution in [-0.2, 0) is 11.3 Å². The number of piperidine rings is 1. The van der Waals surface area contributed by atoms with Gasteiger partial charge < -0.3 is 20.4 Å². The molecule has 7 heteroatoms. The molecule has 0 bridgehead atoms. The lowest BCUT2D eigenvalue weighted by Crippen LogP contribution is -2.49. The van der Waals surface area contributed by atoms with Gasteiger partial charge in [-0.25, -0.2) is 0 Å². The van der Waals surface area contributed by atoms with Gasteiger partial charge in [-0.15, -0.1) is 24.0 Å². The SMILES string of the molecule is CN=C(NCc1ccc(N2CCC(C)CC2)cc1)NCC1(C(=O)N(C)C)CCCC1.I. The molecule has 1 aromatic carbocycles. The van der Waals surface area contributed by atoms with Gasteiger partial charge in [-0.3, -0.25) is 9.79 Å². The number of hydrogen-bond donors (Lipinski definition) is 2. The van der Waals surface area contributed by atoms with E-state index < -0.39 is 0 Å². The second-order valence-electron chi connectivity index (χ2n) is 9.30. The standard InChI is InChI=1S/C24H39N5O.HI/c1-19-11-15-29(16-12-19)21-9-7-20(8-10-21)17-26-23(25-2)27-18-24(13-5-6-14-24)22(30)28(3)4;/h7-10,19H,5-6,11-18H2,1-4H3,(H2,25,26,27);1H. The third-order valence-electron chi connectivity index (χ3n) is 6.78. The summed E-state index contributed by atoms with van der Waals surface area (Å²) in [6, 6.07) is 8.85. The van der Waals surface area contributed by atoms with Crippen molar-refractivity contribution >= 4 is 41.5 Å². The first-order chi connectivity index (χ1) is 14.4. The zero-order valence-electron chi connectivity index (χ0n) is 19.6. The molecule has 1 saturated carbocycles. The Labute approximate surface area is 205 Å². The van der Waals surface area contributed by atoms with E-state index >= 15 is 0 Å². The predicted octanol–water partition coefficient (Wildman–Crippen LogP) is 3.85. The summed E-state index contributed by atoms with van der Waals surface area (Å²) in [6.07, 6.45) is 6.70. The van der Waals surface area contributed by atoms with Crippen molar-refractivity contribution in [2.45, 2.75) is 52.0 Å². The van der Waals surface area contributed by atoms with E-state index in [1.165, 1.54) is 24.1 Å². The molecule has 0 aromatic heterocycles. The van der Waals surface area contributed by atoms with Crippen molar-refractivity contribution in [1.82, 2.24) is 15.5 Å². The van der Waals surface area contributed by atoms with Gasteiger partial charge in [-0.2, -0.15) is 0 Å². The molecule has 0 spiro atoms. The third-order valence-corrected chi connectivity index (χ3v) is 6.78. The van der Waals surface area contributed by atoms with Gasteiger partial charge in [-0.05, 0) is 49.3 Å². The summed E-state index contributed by atoms with van der Waals surface area (Å²) in [6.45, 7) is 6.01. The Hall–Kier alpha value is -1.51. The monoisotopic (exact) mass is 541 g/mol. The third kappa shape index (κ3) is 6.73. The number of halogens is 1. The van der Waals surface area contributed by atoms with Crippen LogP contribution >= 0.6 is 24.0 Å². The Bertz CT molecular complexity index is 720. The smallest absolute Gasteiger partial charge is 0.230 e. The quantitative estimate of drug-likeness (QED) is 0.327. The van der Waals surface area contributed by atoms with Crippen LogP contribution in [0.4, 0.5) is 5.69 Å². The Morgan fingerprint density at radius 2 is 1.74 bits per heavy atom. The number of nitrogens with one attached hydrogen (secondary N) is 2. The van der Waals surface area contributed by atoms with Gasteiger partial charge in [0.15, 0.2) is 5.96 Å². The molecule has 0 atom stereocenters. The van der Waals surface area contributed by atoms with Crippen LogP contribution in [0.2, 0.25) is 0 Å². The molecule has 2 N–H and O–H groups in total. The molecule has 1 saturated heterocycles. The van der Waals surface area contributed by atoms with Crippen LogP contribution in [0.5, 0.6) is 0 Å². The average molecular weight is 542 g/mol. The lowest BCUT2D eigenvalue weighted by Gasteiger charge is -2.32. The number of benzene rings is 1. The highest BCUT2D eigenvalue weighted by atomic mass is 127. The summed E-state index contributed by atoms with van der Waals surface area (Å²) >= 11 is 0. The minimum absolute atomic E-state index is 0. The van der Waals surface area contributed by atoms with Crippen molar-refractivity contribution in [2.75, 3.05) is 45.7 Å². The largest absolute Gasteiger partial charge is 0.372 e. The minimum Gasteiger partial charge on any atom is -0.372 e. The fourth-order valence-electron chi connectivity index (χ4n) is 4.74. The maximum atomic E-state index is 12.7. The number of hydrogen-bond acceptors (Lipinski definition) is 3. The van der Waals surface area contributed by atoms with Crippen LogP contribution in [-0.4, -0.2) is 57.5 Å². The van der Waals surface area contributed by atoms with Crippen molar-refractivity contribution in [3.63, 3.8) is 0 Å². The van der Waals surface area contributed by atoms with Crippen LogP contribution in [0, 0.1) is 11.3 Å². The molecule has 1 aromatic rings. The molecule has 1 heterocycles. The van der Waals surface area contributed by atoms with Crippen molar-refractivity contribution in [2.24, 2.45) is 16.3 Å². The van der Waals surface area contributed by atoms with Gasteiger partial charge >= 0.3 is 0 Å². The summed E-state index contributed by atoms with van der Waals surface area (Å²) in [7, 11) is 5.48. The molecule has 174 valence electrons. The summed E-state index contributed by atoms with van der Waals surface area (Å²) in [5, 5.41) is 6.81. The summed E-state index contributed by atoms with van der Waals surface area (Å²) in [5.74, 6) is 1.83. The van der Waals surface area contributed by atoms with Crippen molar-refractivity contribution in [1.29, 1.82) is 0 Å². The molecule has 1 aliphatic heterocycles. The van der Waals surface area contributed by atoms with E-state index in [9.17, 15) is 4.79 Å². The highest BCUT2D eigenvalue weighted by Gasteiger charge is 2.42. The topological polar surface area (TPSA) is 60.0 Å². The Balaban J connectivity index is 0.00000341. The van der Waals surface area contributed by atoms with Crippen molar-refractivity contribution < 1.29 is 4.79 Å². The molecule has 3 rings (SSSR count). The highest BCUT2D eigenvalue weighted by molar-refractivity contribution is 14.0. The second kappa shape index (κ2) is 11.9. The van der Waals surface area contributed by atoms with Crippen LogP contribution in [0.1, 0.15) is 51.0 Å². The molecule has 2 fully saturated rings. The van der Waals surface area contributed by atoms with E-state index in [0.717, 1.165) is 50.7 Å². The normalized spacial score (nSPS) is 19.0. The van der Waals surface area contributed by atoms with Gasteiger partial charge in [0.25, 0.3) is 0 Å². The number of amides is 1. The van der Waals surface area contributed by atoms with Crippen LogP contribution < -0.4 is 15.5 Å². The Morgan fingerprint density at radius 3 is 2.29 bits per heavy atom. The fraction of sp³-hybridized carbons (Fsp3) is 0.667. The van der Waals surface area contributed by atoms with Crippen molar-refractivity contribution in [3.8, 4) is 0 Å². The van der Waals surface area contributed by atoms with Crippen LogP contribution in [0.15, 0.2) is 29.3 Å². The number of anilines is 1. The average Bonchev–Trinajstić information content (AvgIpc) is 3.24. The molecule has 6 nitrogen and oxygen atoms in total. The maximum absolute atomic E-state index is 12.7. The fourth-order valence-corrected chi connectivity index (χ4v) is 4.74. The zero-order chi connectivity index (χ0) is 21.6. The highest BCUT2D eigenvalue weighted by Crippen LogP contribution is 2.38. The van der Waals surface area contributed by atoms with E-state index in [4.69, 9.17) is 0 Å². The summed E-state index contributed by atoms with van der Waals surface area (Å²) < 4.78 is 0. The second-order valence-corrected chi connectivity index (χ2v) is 9.30. The van der Waals surface area contributed by atoms with Gasteiger partial charge in [0.05, 0.1) is 5.41 Å². The van der Waals surface area contributed by atoms with Crippen LogP contribution in [0.3, 0.4) is 0 Å². The first-order valence-electron chi connectivity index (χ1n) is 11.4. The van der Waals surface area contributed by atoms with E-state index in [0.29, 0.717) is 13.1 Å². The number of carbonyl (C=O) groups excluding carboxylic acids is 1. The van der Waals surface area contributed by atoms with Gasteiger partial charge in [0, 0.05) is 53.0 Å². The number of carbonyl (C=O) groups is 1. The van der Waals surface area contributed by atoms with Crippen LogP contribution in [0.25, 0.3) is 0 Å². The van der Waals surface area contributed by atoms with Gasteiger partial charge in [0.1, 0.15) is 0 Å².